The maximum Gasteiger partial charge on any atom is 0.0998 e. The van der Waals surface area contributed by atoms with Crippen LogP contribution in [0.5, 0.6) is 0 Å². The van der Waals surface area contributed by atoms with Gasteiger partial charge in [-0.15, -0.1) is 0 Å². The quantitative estimate of drug-likeness (QED) is 0.193. The van der Waals surface area contributed by atoms with Crippen molar-refractivity contribution in [1.82, 2.24) is 9.13 Å². The summed E-state index contributed by atoms with van der Waals surface area (Å²) in [5, 5.41) is 33.9. The molecule has 0 aliphatic carbocycles. The zero-order valence-electron chi connectivity index (χ0n) is 26.7. The Labute approximate surface area is 287 Å². The van der Waals surface area contributed by atoms with Crippen molar-refractivity contribution in [1.29, 1.82) is 15.8 Å². The number of aromatic nitrogens is 2. The summed E-state index contributed by atoms with van der Waals surface area (Å²) in [4.78, 5) is 0. The number of fused-ring (bicyclic) bond motifs is 6. The molecule has 0 bridgehead atoms. The molecule has 50 heavy (non-hydrogen) atoms. The number of hydrogen-bond acceptors (Lipinski definition) is 3. The fourth-order valence-electron chi connectivity index (χ4n) is 7.45. The van der Waals surface area contributed by atoms with E-state index >= 15 is 0 Å². The summed E-state index contributed by atoms with van der Waals surface area (Å²) in [7, 11) is 0. The molecule has 0 radical (unpaired) electrons. The van der Waals surface area contributed by atoms with E-state index < -0.39 is 0 Å². The van der Waals surface area contributed by atoms with Crippen molar-refractivity contribution in [2.75, 3.05) is 0 Å². The van der Waals surface area contributed by atoms with Gasteiger partial charge in [0.2, 0.25) is 0 Å². The van der Waals surface area contributed by atoms with E-state index in [4.69, 9.17) is 0 Å². The first kappa shape index (κ1) is 28.8. The third kappa shape index (κ3) is 4.31. The van der Waals surface area contributed by atoms with Gasteiger partial charge in [-0.05, 0) is 77.4 Å². The molecule has 2 heterocycles. The topological polar surface area (TPSA) is 81.2 Å². The van der Waals surface area contributed by atoms with Crippen molar-refractivity contribution in [3.8, 4) is 51.8 Å². The van der Waals surface area contributed by atoms with Gasteiger partial charge in [-0.3, -0.25) is 0 Å². The lowest BCUT2D eigenvalue weighted by Gasteiger charge is -2.15. The third-order valence-corrected chi connectivity index (χ3v) is 9.65. The molecule has 7 aromatic carbocycles. The average Bonchev–Trinajstić information content (AvgIpc) is 3.70. The van der Waals surface area contributed by atoms with Crippen LogP contribution in [0.15, 0.2) is 152 Å². The molecule has 0 spiro atoms. The Balaban J connectivity index is 1.14. The first-order valence-electron chi connectivity index (χ1n) is 16.3. The maximum absolute atomic E-state index is 10.4. The molecule has 0 aliphatic rings. The zero-order chi connectivity index (χ0) is 33.8. The second kappa shape index (κ2) is 11.4. The lowest BCUT2D eigenvalue weighted by molar-refractivity contribution is 1.18. The Morgan fingerprint density at radius 3 is 1.80 bits per heavy atom. The highest BCUT2D eigenvalue weighted by Crippen LogP contribution is 2.38. The number of nitriles is 3. The summed E-state index contributed by atoms with van der Waals surface area (Å²) in [5.41, 5.74) is 11.7. The molecular formula is C45H25N5. The van der Waals surface area contributed by atoms with Crippen molar-refractivity contribution in [3.63, 3.8) is 0 Å². The molecule has 5 heteroatoms. The van der Waals surface area contributed by atoms with Crippen LogP contribution in [-0.4, -0.2) is 9.13 Å². The van der Waals surface area contributed by atoms with Crippen molar-refractivity contribution in [2.45, 2.75) is 0 Å². The van der Waals surface area contributed by atoms with Gasteiger partial charge in [0.15, 0.2) is 0 Å². The monoisotopic (exact) mass is 635 g/mol. The average molecular weight is 636 g/mol. The second-order valence-electron chi connectivity index (χ2n) is 12.3. The molecule has 9 rings (SSSR count). The maximum atomic E-state index is 10.4. The molecular weight excluding hydrogens is 611 g/mol. The molecule has 0 fully saturated rings. The van der Waals surface area contributed by atoms with Gasteiger partial charge < -0.3 is 9.13 Å². The van der Waals surface area contributed by atoms with Gasteiger partial charge >= 0.3 is 0 Å². The second-order valence-corrected chi connectivity index (χ2v) is 12.3. The van der Waals surface area contributed by atoms with Gasteiger partial charge in [-0.1, -0.05) is 91.0 Å². The fraction of sp³-hybridized carbons (Fsp3) is 0. The van der Waals surface area contributed by atoms with Crippen LogP contribution in [-0.2, 0) is 0 Å². The highest BCUT2D eigenvalue weighted by Gasteiger charge is 2.18. The summed E-state index contributed by atoms with van der Waals surface area (Å²) in [6.45, 7) is 0. The Morgan fingerprint density at radius 1 is 0.400 bits per heavy atom. The summed E-state index contributed by atoms with van der Waals surface area (Å²) in [5.74, 6) is 0. The lowest BCUT2D eigenvalue weighted by Crippen LogP contribution is -1.97. The molecule has 0 atom stereocenters. The van der Waals surface area contributed by atoms with Gasteiger partial charge in [-0.2, -0.15) is 15.8 Å². The van der Waals surface area contributed by atoms with Gasteiger partial charge in [0.1, 0.15) is 0 Å². The normalized spacial score (nSPS) is 11.1. The minimum absolute atomic E-state index is 0.569. The van der Waals surface area contributed by atoms with Crippen molar-refractivity contribution < 1.29 is 0 Å². The highest BCUT2D eigenvalue weighted by molar-refractivity contribution is 6.12. The fourth-order valence-corrected chi connectivity index (χ4v) is 7.45. The van der Waals surface area contributed by atoms with Gasteiger partial charge in [0.05, 0.1) is 62.7 Å². The van der Waals surface area contributed by atoms with E-state index in [0.29, 0.717) is 16.7 Å². The smallest absolute Gasteiger partial charge is 0.0998 e. The molecule has 0 saturated carbocycles. The first-order valence-corrected chi connectivity index (χ1v) is 16.3. The van der Waals surface area contributed by atoms with Crippen LogP contribution in [0.1, 0.15) is 16.7 Å². The van der Waals surface area contributed by atoms with E-state index in [2.05, 4.69) is 94.1 Å². The predicted molar refractivity (Wildman–Crippen MR) is 200 cm³/mol. The molecule has 5 nitrogen and oxygen atoms in total. The van der Waals surface area contributed by atoms with Crippen LogP contribution in [0, 0.1) is 34.0 Å². The van der Waals surface area contributed by atoms with E-state index in [-0.39, 0.29) is 0 Å². The van der Waals surface area contributed by atoms with Crippen molar-refractivity contribution in [2.24, 2.45) is 0 Å². The summed E-state index contributed by atoms with van der Waals surface area (Å²) < 4.78 is 4.40. The Kier molecular flexibility index (Phi) is 6.56. The SMILES string of the molecule is N#Cc1ccc2c(c1)c1ccccc1n2-c1ccccc1-c1ccc(-c2ccc(-n3c4ccccc4c4c(C#N)cccc43)cc2C#N)cc1. The predicted octanol–water partition coefficient (Wildman–Crippen LogP) is 10.8. The third-order valence-electron chi connectivity index (χ3n) is 9.65. The van der Waals surface area contributed by atoms with Gasteiger partial charge in [-0.25, -0.2) is 0 Å². The van der Waals surface area contributed by atoms with Crippen molar-refractivity contribution >= 4 is 43.6 Å². The van der Waals surface area contributed by atoms with Crippen LogP contribution < -0.4 is 0 Å². The molecule has 230 valence electrons. The Hall–Kier alpha value is -7.39. The van der Waals surface area contributed by atoms with Gasteiger partial charge in [0, 0.05) is 32.8 Å². The van der Waals surface area contributed by atoms with Crippen LogP contribution in [0.3, 0.4) is 0 Å². The van der Waals surface area contributed by atoms with E-state index in [1.807, 2.05) is 84.9 Å². The van der Waals surface area contributed by atoms with Gasteiger partial charge in [0.25, 0.3) is 0 Å². The number of nitrogens with zero attached hydrogens (tertiary/aromatic N) is 5. The Bertz CT molecular complexity index is 2960. The lowest BCUT2D eigenvalue weighted by atomic mass is 9.96. The molecule has 0 aliphatic heterocycles. The van der Waals surface area contributed by atoms with E-state index in [1.54, 1.807) is 0 Å². The highest BCUT2D eigenvalue weighted by atomic mass is 15.0. The molecule has 0 amide bonds. The van der Waals surface area contributed by atoms with E-state index in [1.165, 1.54) is 0 Å². The molecule has 0 N–H and O–H groups in total. The number of rotatable bonds is 4. The number of benzene rings is 7. The summed E-state index contributed by atoms with van der Waals surface area (Å²) >= 11 is 0. The van der Waals surface area contributed by atoms with E-state index in [0.717, 1.165) is 77.2 Å². The van der Waals surface area contributed by atoms with Crippen LogP contribution in [0.4, 0.5) is 0 Å². The molecule has 2 aromatic heterocycles. The largest absolute Gasteiger partial charge is 0.309 e. The van der Waals surface area contributed by atoms with Crippen LogP contribution in [0.2, 0.25) is 0 Å². The molecule has 0 saturated heterocycles. The Morgan fingerprint density at radius 2 is 1.04 bits per heavy atom. The van der Waals surface area contributed by atoms with Crippen molar-refractivity contribution in [3.05, 3.63) is 168 Å². The minimum Gasteiger partial charge on any atom is -0.309 e. The zero-order valence-corrected chi connectivity index (χ0v) is 26.7. The number of hydrogen-bond donors (Lipinski definition) is 0. The number of para-hydroxylation sites is 3. The van der Waals surface area contributed by atoms with Crippen LogP contribution in [0.25, 0.3) is 77.2 Å². The standard InChI is InChI=1S/C45H25N5/c46-26-29-16-23-43-39(24-29)37-10-2-5-13-41(37)50(43)40-12-4-1-9-36(40)31-19-17-30(18-20-31)35-22-21-34(25-33(35)28-48)49-42-14-6-3-11-38(42)45-32(27-47)8-7-15-44(45)49/h1-25H. The molecule has 0 unspecified atom stereocenters. The molecule has 9 aromatic rings. The summed E-state index contributed by atoms with van der Waals surface area (Å²) in [6.07, 6.45) is 0. The summed E-state index contributed by atoms with van der Waals surface area (Å²) in [6, 6.07) is 57.8. The first-order chi connectivity index (χ1) is 24.7. The van der Waals surface area contributed by atoms with Crippen LogP contribution >= 0.6 is 0 Å². The van der Waals surface area contributed by atoms with E-state index in [9.17, 15) is 15.8 Å². The minimum atomic E-state index is 0.569.